The van der Waals surface area contributed by atoms with Crippen molar-refractivity contribution in [1.29, 1.82) is 0 Å². The molecule has 0 saturated heterocycles. The van der Waals surface area contributed by atoms with E-state index in [0.717, 1.165) is 5.56 Å². The van der Waals surface area contributed by atoms with Crippen molar-refractivity contribution < 1.29 is 13.9 Å². The van der Waals surface area contributed by atoms with Gasteiger partial charge < -0.3 is 19.2 Å². The molecule has 1 aromatic heterocycles. The average molecular weight is 374 g/mol. The third-order valence-electron chi connectivity index (χ3n) is 3.96. The first-order valence-electron chi connectivity index (χ1n) is 8.10. The summed E-state index contributed by atoms with van der Waals surface area (Å²) >= 11 is 6.21. The Morgan fingerprint density at radius 1 is 1.04 bits per heavy atom. The van der Waals surface area contributed by atoms with Gasteiger partial charge in [-0.2, -0.15) is 0 Å². The van der Waals surface area contributed by atoms with Gasteiger partial charge in [0.2, 0.25) is 11.8 Å². The summed E-state index contributed by atoms with van der Waals surface area (Å²) in [5.74, 6) is 2.10. The summed E-state index contributed by atoms with van der Waals surface area (Å²) in [6, 6.07) is 11.2. The molecule has 0 fully saturated rings. The molecular formula is C19H20ClN3O3. The third-order valence-corrected chi connectivity index (χ3v) is 4.25. The molecule has 0 amide bonds. The monoisotopic (exact) mass is 373 g/mol. The maximum Gasteiger partial charge on any atom is 0.247 e. The van der Waals surface area contributed by atoms with Gasteiger partial charge >= 0.3 is 0 Å². The summed E-state index contributed by atoms with van der Waals surface area (Å²) in [7, 11) is 3.14. The van der Waals surface area contributed by atoms with Gasteiger partial charge in [-0.1, -0.05) is 29.3 Å². The highest BCUT2D eigenvalue weighted by molar-refractivity contribution is 6.32. The Labute approximate surface area is 157 Å². The van der Waals surface area contributed by atoms with Gasteiger partial charge in [0.05, 0.1) is 24.9 Å². The Kier molecular flexibility index (Phi) is 5.32. The maximum atomic E-state index is 6.21. The van der Waals surface area contributed by atoms with E-state index in [1.54, 1.807) is 26.4 Å². The van der Waals surface area contributed by atoms with Gasteiger partial charge in [-0.3, -0.25) is 0 Å². The molecule has 0 bridgehead atoms. The van der Waals surface area contributed by atoms with Crippen LogP contribution in [0.15, 0.2) is 40.8 Å². The molecule has 136 valence electrons. The number of methoxy groups -OCH3 is 2. The van der Waals surface area contributed by atoms with Gasteiger partial charge in [-0.25, -0.2) is 0 Å². The van der Waals surface area contributed by atoms with E-state index in [0.29, 0.717) is 34.0 Å². The number of hydrogen-bond donors (Lipinski definition) is 1. The second kappa shape index (κ2) is 7.66. The number of ether oxygens (including phenoxy) is 2. The molecule has 1 unspecified atom stereocenters. The van der Waals surface area contributed by atoms with Crippen molar-refractivity contribution in [3.8, 4) is 23.0 Å². The lowest BCUT2D eigenvalue weighted by atomic mass is 10.1. The van der Waals surface area contributed by atoms with E-state index in [1.165, 1.54) is 5.56 Å². The Morgan fingerprint density at radius 3 is 2.38 bits per heavy atom. The fraction of sp³-hybridized carbons (Fsp3) is 0.263. The molecule has 6 nitrogen and oxygen atoms in total. The normalized spacial score (nSPS) is 11.9. The fourth-order valence-corrected chi connectivity index (χ4v) is 2.73. The van der Waals surface area contributed by atoms with Crippen LogP contribution < -0.4 is 14.8 Å². The number of halogens is 1. The Hall–Kier alpha value is -2.73. The Bertz CT molecular complexity index is 894. The zero-order valence-electron chi connectivity index (χ0n) is 15.0. The quantitative estimate of drug-likeness (QED) is 0.663. The van der Waals surface area contributed by atoms with Gasteiger partial charge in [-0.05, 0) is 32.0 Å². The number of nitrogens with one attached hydrogen (secondary N) is 1. The van der Waals surface area contributed by atoms with Crippen molar-refractivity contribution in [1.82, 2.24) is 10.2 Å². The number of aryl methyl sites for hydroxylation is 1. The molecular weight excluding hydrogens is 354 g/mol. The van der Waals surface area contributed by atoms with Crippen molar-refractivity contribution in [2.75, 3.05) is 19.5 Å². The summed E-state index contributed by atoms with van der Waals surface area (Å²) in [4.78, 5) is 0. The van der Waals surface area contributed by atoms with Gasteiger partial charge in [-0.15, -0.1) is 10.2 Å². The summed E-state index contributed by atoms with van der Waals surface area (Å²) in [6.07, 6.45) is 0. The standard InChI is InChI=1S/C19H20ClN3O3/c1-11-5-7-13(8-6-11)19-23-22-18(26-19)12(2)21-15-9-14(20)16(24-3)10-17(15)25-4/h5-10,12,21H,1-4H3. The van der Waals surface area contributed by atoms with Crippen LogP contribution in [-0.2, 0) is 0 Å². The molecule has 3 aromatic rings. The molecule has 7 heteroatoms. The lowest BCUT2D eigenvalue weighted by Crippen LogP contribution is -2.08. The van der Waals surface area contributed by atoms with Crippen LogP contribution in [0.3, 0.4) is 0 Å². The molecule has 0 aliphatic carbocycles. The summed E-state index contributed by atoms with van der Waals surface area (Å²) in [6.45, 7) is 3.95. The number of hydrogen-bond acceptors (Lipinski definition) is 6. The molecule has 26 heavy (non-hydrogen) atoms. The van der Waals surface area contributed by atoms with Crippen LogP contribution in [0.25, 0.3) is 11.5 Å². The summed E-state index contributed by atoms with van der Waals surface area (Å²) in [5.41, 5.74) is 2.76. The number of benzene rings is 2. The van der Waals surface area contributed by atoms with E-state index < -0.39 is 0 Å². The molecule has 0 radical (unpaired) electrons. The van der Waals surface area contributed by atoms with Crippen molar-refractivity contribution in [3.63, 3.8) is 0 Å². The highest BCUT2D eigenvalue weighted by atomic mass is 35.5. The molecule has 1 N–H and O–H groups in total. The molecule has 0 spiro atoms. The molecule has 3 rings (SSSR count). The molecule has 2 aromatic carbocycles. The first kappa shape index (κ1) is 18.1. The van der Waals surface area contributed by atoms with Gasteiger partial charge in [0.1, 0.15) is 17.5 Å². The van der Waals surface area contributed by atoms with Crippen molar-refractivity contribution in [2.24, 2.45) is 0 Å². The van der Waals surface area contributed by atoms with Crippen LogP contribution in [0.1, 0.15) is 24.4 Å². The lowest BCUT2D eigenvalue weighted by Gasteiger charge is -2.16. The van der Waals surface area contributed by atoms with E-state index >= 15 is 0 Å². The van der Waals surface area contributed by atoms with E-state index in [9.17, 15) is 0 Å². The second-order valence-corrected chi connectivity index (χ2v) is 6.27. The zero-order chi connectivity index (χ0) is 18.7. The summed E-state index contributed by atoms with van der Waals surface area (Å²) < 4.78 is 16.4. The van der Waals surface area contributed by atoms with E-state index in [4.69, 9.17) is 25.5 Å². The van der Waals surface area contributed by atoms with Crippen LogP contribution in [0.2, 0.25) is 5.02 Å². The van der Waals surface area contributed by atoms with Crippen LogP contribution in [-0.4, -0.2) is 24.4 Å². The Morgan fingerprint density at radius 2 is 1.73 bits per heavy atom. The summed E-state index contributed by atoms with van der Waals surface area (Å²) in [5, 5.41) is 12.0. The first-order chi connectivity index (χ1) is 12.5. The minimum absolute atomic E-state index is 0.236. The van der Waals surface area contributed by atoms with Crippen LogP contribution in [0.4, 0.5) is 5.69 Å². The smallest absolute Gasteiger partial charge is 0.247 e. The van der Waals surface area contributed by atoms with E-state index in [1.807, 2.05) is 38.1 Å². The van der Waals surface area contributed by atoms with Crippen LogP contribution in [0, 0.1) is 6.92 Å². The predicted octanol–water partition coefficient (Wildman–Crippen LogP) is 4.89. The molecule has 1 atom stereocenters. The zero-order valence-corrected chi connectivity index (χ0v) is 15.8. The van der Waals surface area contributed by atoms with Gasteiger partial charge in [0, 0.05) is 11.6 Å². The molecule has 1 heterocycles. The maximum absolute atomic E-state index is 6.21. The highest BCUT2D eigenvalue weighted by Crippen LogP contribution is 2.37. The number of rotatable bonds is 6. The lowest BCUT2D eigenvalue weighted by molar-refractivity contribution is 0.395. The highest BCUT2D eigenvalue weighted by Gasteiger charge is 2.18. The minimum atomic E-state index is -0.236. The largest absolute Gasteiger partial charge is 0.495 e. The Balaban J connectivity index is 1.81. The molecule has 0 saturated carbocycles. The van der Waals surface area contributed by atoms with E-state index in [-0.39, 0.29) is 6.04 Å². The number of anilines is 1. The van der Waals surface area contributed by atoms with Crippen molar-refractivity contribution in [2.45, 2.75) is 19.9 Å². The second-order valence-electron chi connectivity index (χ2n) is 5.86. The number of aromatic nitrogens is 2. The average Bonchev–Trinajstić information content (AvgIpc) is 3.13. The van der Waals surface area contributed by atoms with Crippen LogP contribution in [0.5, 0.6) is 11.5 Å². The van der Waals surface area contributed by atoms with Gasteiger partial charge in [0.25, 0.3) is 0 Å². The number of nitrogens with zero attached hydrogens (tertiary/aromatic N) is 2. The van der Waals surface area contributed by atoms with Crippen molar-refractivity contribution in [3.05, 3.63) is 52.9 Å². The van der Waals surface area contributed by atoms with Crippen LogP contribution >= 0.6 is 11.6 Å². The topological polar surface area (TPSA) is 69.4 Å². The SMILES string of the molecule is COc1cc(OC)c(NC(C)c2nnc(-c3ccc(C)cc3)o2)cc1Cl. The van der Waals surface area contributed by atoms with E-state index in [2.05, 4.69) is 15.5 Å². The fourth-order valence-electron chi connectivity index (χ4n) is 2.49. The predicted molar refractivity (Wildman–Crippen MR) is 101 cm³/mol. The molecule has 0 aliphatic heterocycles. The third kappa shape index (κ3) is 3.75. The minimum Gasteiger partial charge on any atom is -0.495 e. The van der Waals surface area contributed by atoms with Gasteiger partial charge in [0.15, 0.2) is 0 Å². The molecule has 0 aliphatic rings. The van der Waals surface area contributed by atoms with Crippen molar-refractivity contribution >= 4 is 17.3 Å². The first-order valence-corrected chi connectivity index (χ1v) is 8.48.